The zero-order valence-corrected chi connectivity index (χ0v) is 52.9. The molecule has 21 heteroatoms. The number of carbonyl (C=O) groups excluding carboxylic acids is 1. The van der Waals surface area contributed by atoms with Crippen LogP contribution >= 0.6 is 0 Å². The van der Waals surface area contributed by atoms with E-state index in [9.17, 15) is 4.79 Å². The van der Waals surface area contributed by atoms with Gasteiger partial charge in [0, 0.05) is 89.7 Å². The fourth-order valence-corrected chi connectivity index (χ4v) is 9.61. The number of nitrogens with zero attached hydrogens (tertiary/aromatic N) is 3. The number of ether oxygens (including phenoxy) is 16. The van der Waals surface area contributed by atoms with E-state index in [4.69, 9.17) is 80.6 Å². The van der Waals surface area contributed by atoms with Gasteiger partial charge < -0.3 is 85.5 Å². The minimum atomic E-state index is -0.347. The Kier molecular flexibility index (Phi) is 41.1. The minimum absolute atomic E-state index is 0.182. The van der Waals surface area contributed by atoms with Gasteiger partial charge in [-0.15, -0.1) is 5.06 Å². The van der Waals surface area contributed by atoms with Crippen molar-refractivity contribution in [2.75, 3.05) is 245 Å². The van der Waals surface area contributed by atoms with Crippen LogP contribution in [0, 0.1) is 0 Å². The third-order valence-electron chi connectivity index (χ3n) is 14.0. The number of hydrogen-bond acceptors (Lipinski definition) is 20. The molecule has 2 heterocycles. The number of rotatable bonds is 56. The first-order valence-electron chi connectivity index (χ1n) is 30.4. The van der Waals surface area contributed by atoms with E-state index >= 15 is 0 Å². The molecule has 0 N–H and O–H groups in total. The molecule has 2 atom stereocenters. The van der Waals surface area contributed by atoms with Gasteiger partial charge in [-0.2, -0.15) is 4.58 Å². The second-order valence-corrected chi connectivity index (χ2v) is 20.5. The summed E-state index contributed by atoms with van der Waals surface area (Å²) in [5.41, 5.74) is 6.46. The Hall–Kier alpha value is -4.34. The van der Waals surface area contributed by atoms with Crippen LogP contribution in [0.1, 0.15) is 44.2 Å². The molecule has 0 fully saturated rings. The van der Waals surface area contributed by atoms with E-state index in [0.717, 1.165) is 29.9 Å². The first kappa shape index (κ1) is 74.1. The van der Waals surface area contributed by atoms with E-state index in [-0.39, 0.29) is 29.8 Å². The Morgan fingerprint density at radius 3 is 1.35 bits per heavy atom. The molecule has 2 aliphatic heterocycles. The number of methoxy groups -OCH3 is 3. The highest BCUT2D eigenvalue weighted by molar-refractivity contribution is 6.03. The van der Waals surface area contributed by atoms with Crippen molar-refractivity contribution in [3.8, 4) is 0 Å². The van der Waals surface area contributed by atoms with Crippen LogP contribution in [0.15, 0.2) is 96.8 Å². The quantitative estimate of drug-likeness (QED) is 0.0294. The smallest absolute Gasteiger partial charge is 0.327 e. The highest BCUT2D eigenvalue weighted by atomic mass is 16.7. The number of fused-ring (bicyclic) bond motifs is 2. The lowest BCUT2D eigenvalue weighted by molar-refractivity contribution is -0.442. The minimum Gasteiger partial charge on any atom is -0.382 e. The van der Waals surface area contributed by atoms with Crippen LogP contribution in [-0.2, 0) is 96.3 Å². The van der Waals surface area contributed by atoms with Crippen molar-refractivity contribution in [1.29, 1.82) is 0 Å². The largest absolute Gasteiger partial charge is 0.382 e. The van der Waals surface area contributed by atoms with E-state index in [1.54, 1.807) is 35.4 Å². The van der Waals surface area contributed by atoms with Crippen LogP contribution in [-0.4, -0.2) is 261 Å². The summed E-state index contributed by atoms with van der Waals surface area (Å²) in [4.78, 5) is 19.0. The predicted octanol–water partition coefficient (Wildman–Crippen LogP) is 6.72. The maximum atomic E-state index is 11.6. The van der Waals surface area contributed by atoms with E-state index in [1.807, 2.05) is 0 Å². The molecule has 0 saturated heterocycles. The highest BCUT2D eigenvalue weighted by Gasteiger charge is 2.47. The van der Waals surface area contributed by atoms with Crippen LogP contribution in [0.25, 0.3) is 0 Å². The molecule has 86 heavy (non-hydrogen) atoms. The number of benzene rings is 2. The summed E-state index contributed by atoms with van der Waals surface area (Å²) in [6.07, 6.45) is 16.6. The second kappa shape index (κ2) is 47.6. The zero-order chi connectivity index (χ0) is 61.4. The van der Waals surface area contributed by atoms with Gasteiger partial charge in [-0.25, -0.2) is 0 Å². The highest BCUT2D eigenvalue weighted by Crippen LogP contribution is 2.50. The monoisotopic (exact) mass is 1210 g/mol. The Labute approximate surface area is 513 Å². The molecule has 0 radical (unpaired) electrons. The zero-order valence-electron chi connectivity index (χ0n) is 52.9. The van der Waals surface area contributed by atoms with Crippen LogP contribution in [0.3, 0.4) is 0 Å². The Balaban J connectivity index is 1.42. The van der Waals surface area contributed by atoms with Crippen molar-refractivity contribution >= 4 is 23.1 Å². The van der Waals surface area contributed by atoms with Gasteiger partial charge in [0.25, 0.3) is 0 Å². The summed E-state index contributed by atoms with van der Waals surface area (Å²) >= 11 is 0. The van der Waals surface area contributed by atoms with Crippen LogP contribution in [0.2, 0.25) is 0 Å². The van der Waals surface area contributed by atoms with Gasteiger partial charge in [-0.1, -0.05) is 66.8 Å². The number of hydrogen-bond donors (Lipinski definition) is 0. The van der Waals surface area contributed by atoms with Gasteiger partial charge >= 0.3 is 5.97 Å². The number of para-hydroxylation sites is 2. The maximum Gasteiger partial charge on any atom is 0.327 e. The van der Waals surface area contributed by atoms with Gasteiger partial charge in [0.1, 0.15) is 6.61 Å². The Morgan fingerprint density at radius 2 is 0.849 bits per heavy atom. The van der Waals surface area contributed by atoms with Crippen molar-refractivity contribution in [3.63, 3.8) is 0 Å². The van der Waals surface area contributed by atoms with E-state index < -0.39 is 0 Å². The molecule has 0 amide bonds. The molecule has 2 aliphatic rings. The molecule has 2 unspecified atom stereocenters. The van der Waals surface area contributed by atoms with Gasteiger partial charge in [0.15, 0.2) is 12.3 Å². The molecular weight excluding hydrogens is 1110 g/mol. The number of allylic oxidation sites excluding steroid dienone is 8. The predicted molar refractivity (Wildman–Crippen MR) is 330 cm³/mol. The summed E-state index contributed by atoms with van der Waals surface area (Å²) in [6.45, 7) is 20.2. The van der Waals surface area contributed by atoms with Gasteiger partial charge in [-0.3, -0.25) is 4.79 Å². The lowest BCUT2D eigenvalue weighted by Crippen LogP contribution is -2.33. The van der Waals surface area contributed by atoms with E-state index in [0.29, 0.717) is 198 Å². The van der Waals surface area contributed by atoms with Gasteiger partial charge in [-0.05, 0) is 44.4 Å². The lowest BCUT2D eigenvalue weighted by atomic mass is 9.76. The third kappa shape index (κ3) is 29.3. The lowest BCUT2D eigenvalue weighted by Gasteiger charge is -2.30. The molecule has 0 aliphatic carbocycles. The van der Waals surface area contributed by atoms with Crippen LogP contribution < -0.4 is 4.90 Å². The molecule has 0 saturated carbocycles. The molecule has 21 nitrogen and oxygen atoms in total. The molecule has 2 aromatic rings. The Bertz CT molecular complexity index is 2230. The van der Waals surface area contributed by atoms with Gasteiger partial charge in [0.2, 0.25) is 5.69 Å². The first-order valence-corrected chi connectivity index (χ1v) is 30.4. The topological polar surface area (TPSA) is 183 Å². The summed E-state index contributed by atoms with van der Waals surface area (Å²) in [7, 11) is 8.29. The van der Waals surface area contributed by atoms with Crippen molar-refractivity contribution in [3.05, 3.63) is 108 Å². The molecular formula is C65H104N3O18+. The third-order valence-corrected chi connectivity index (χ3v) is 14.0. The summed E-state index contributed by atoms with van der Waals surface area (Å²) < 4.78 is 92.9. The van der Waals surface area contributed by atoms with Crippen molar-refractivity contribution in [1.82, 2.24) is 5.06 Å². The molecule has 0 bridgehead atoms. The standard InChI is InChI=1S/C65H104N3O18/c1-64(24-29-74-40-45-82-52-49-78-36-33-70-5)57-17-13-15-19-59(57)67(26-31-76-42-47-84-54-51-80-38-35-72-7)61(64)21-11-9-8-10-12-22-62-65(2,25-30-75-41-46-83-53-50-79-37-34-71-6)58-18-14-16-20-60(58)68(62)27-32-77-43-48-85-56-55-81-44-39-73-28-23-63(69)86-66(3)4/h8-22H,23-56H2,1-7H3/q+1. The van der Waals surface area contributed by atoms with E-state index in [1.165, 1.54) is 21.9 Å². The molecule has 0 aromatic heterocycles. The normalized spacial score (nSPS) is 17.3. The molecule has 0 spiro atoms. The molecule has 2 aromatic carbocycles. The first-order chi connectivity index (χ1) is 42.2. The summed E-state index contributed by atoms with van der Waals surface area (Å²) in [5.74, 6) is -0.338. The SMILES string of the molecule is COCCOCCOCCOCC[N+]1=C(/C=C/C=C/C=C/C=C2/N(CCOCCOCCOCCOCCC(=O)ON(C)C)c3ccccc3C2(C)CCOCCOCCOCCOC)C(C)(CCOCCOCCOCCOC)c2ccccc21. The van der Waals surface area contributed by atoms with Crippen LogP contribution in [0.5, 0.6) is 0 Å². The second-order valence-electron chi connectivity index (χ2n) is 20.5. The summed E-state index contributed by atoms with van der Waals surface area (Å²) in [6, 6.07) is 17.2. The fraction of sp³-hybridized carbons (Fsp3) is 0.662. The number of hydroxylamine groups is 2. The maximum absolute atomic E-state index is 11.6. The van der Waals surface area contributed by atoms with Crippen molar-refractivity contribution < 1.29 is 90.0 Å². The molecule has 4 rings (SSSR count). The van der Waals surface area contributed by atoms with Crippen molar-refractivity contribution in [2.24, 2.45) is 0 Å². The summed E-state index contributed by atoms with van der Waals surface area (Å²) in [5, 5.41) is 1.36. The van der Waals surface area contributed by atoms with Gasteiger partial charge in [0.05, 0.1) is 184 Å². The van der Waals surface area contributed by atoms with Crippen LogP contribution in [0.4, 0.5) is 11.4 Å². The number of carbonyl (C=O) groups is 1. The Morgan fingerprint density at radius 1 is 0.453 bits per heavy atom. The molecule has 486 valence electrons. The number of anilines is 1. The average molecular weight is 1220 g/mol. The van der Waals surface area contributed by atoms with E-state index in [2.05, 4.69) is 114 Å². The fourth-order valence-electron chi connectivity index (χ4n) is 9.61. The van der Waals surface area contributed by atoms with Crippen molar-refractivity contribution in [2.45, 2.75) is 43.9 Å². The average Bonchev–Trinajstić information content (AvgIpc) is 1.71.